The predicted molar refractivity (Wildman–Crippen MR) is 63.9 cm³/mol. The molecule has 1 aromatic rings. The first-order valence-corrected chi connectivity index (χ1v) is 6.09. The van der Waals surface area contributed by atoms with Crippen molar-refractivity contribution in [1.29, 1.82) is 0 Å². The van der Waals surface area contributed by atoms with E-state index in [2.05, 4.69) is 0 Å². The van der Waals surface area contributed by atoms with Crippen molar-refractivity contribution in [2.75, 3.05) is 23.7 Å². The molecule has 17 heavy (non-hydrogen) atoms. The molecular weight excluding hydrogens is 222 g/mol. The van der Waals surface area contributed by atoms with Crippen LogP contribution in [0.4, 0.5) is 20.2 Å². The number of nitrogens with two attached hydrogens (primary N) is 1. The lowest BCUT2D eigenvalue weighted by atomic mass is 9.78. The Morgan fingerprint density at radius 1 is 1.06 bits per heavy atom. The Kier molecular flexibility index (Phi) is 2.28. The average molecular weight is 238 g/mol. The lowest BCUT2D eigenvalue weighted by Crippen LogP contribution is -2.55. The van der Waals surface area contributed by atoms with E-state index in [1.54, 1.807) is 0 Å². The van der Waals surface area contributed by atoms with Crippen molar-refractivity contribution >= 4 is 11.4 Å². The van der Waals surface area contributed by atoms with Gasteiger partial charge in [0.1, 0.15) is 11.6 Å². The standard InChI is InChI=1S/C13H16F2N2/c14-9-5-10(15)12(6-11(9)16)17-7-13(8-17)3-1-2-4-13/h5-6H,1-4,7-8,16H2. The van der Waals surface area contributed by atoms with E-state index in [9.17, 15) is 8.78 Å². The van der Waals surface area contributed by atoms with Crippen LogP contribution in [0.2, 0.25) is 0 Å². The lowest BCUT2D eigenvalue weighted by Gasteiger charge is -2.49. The minimum atomic E-state index is -0.678. The van der Waals surface area contributed by atoms with E-state index < -0.39 is 11.6 Å². The summed E-state index contributed by atoms with van der Waals surface area (Å²) in [6.07, 6.45) is 5.04. The van der Waals surface area contributed by atoms with Crippen LogP contribution >= 0.6 is 0 Å². The summed E-state index contributed by atoms with van der Waals surface area (Å²) in [5.74, 6) is -1.19. The first-order valence-electron chi connectivity index (χ1n) is 6.09. The van der Waals surface area contributed by atoms with Crippen LogP contribution in [-0.4, -0.2) is 13.1 Å². The fraction of sp³-hybridized carbons (Fsp3) is 0.538. The summed E-state index contributed by atoms with van der Waals surface area (Å²) >= 11 is 0. The zero-order valence-electron chi connectivity index (χ0n) is 9.68. The molecule has 0 atom stereocenters. The molecule has 3 rings (SSSR count). The van der Waals surface area contributed by atoms with Gasteiger partial charge < -0.3 is 10.6 Å². The quantitative estimate of drug-likeness (QED) is 0.762. The van der Waals surface area contributed by atoms with Gasteiger partial charge in [0.05, 0.1) is 11.4 Å². The van der Waals surface area contributed by atoms with Crippen molar-refractivity contribution < 1.29 is 8.78 Å². The Labute approximate surface area is 99.4 Å². The second-order valence-corrected chi connectivity index (χ2v) is 5.39. The topological polar surface area (TPSA) is 29.3 Å². The van der Waals surface area contributed by atoms with Gasteiger partial charge in [-0.2, -0.15) is 0 Å². The smallest absolute Gasteiger partial charge is 0.149 e. The van der Waals surface area contributed by atoms with Gasteiger partial charge in [0.15, 0.2) is 0 Å². The molecule has 0 amide bonds. The SMILES string of the molecule is Nc1cc(N2CC3(CCCC3)C2)c(F)cc1F. The first-order chi connectivity index (χ1) is 8.10. The molecule has 2 nitrogen and oxygen atoms in total. The summed E-state index contributed by atoms with van der Waals surface area (Å²) < 4.78 is 26.7. The highest BCUT2D eigenvalue weighted by Crippen LogP contribution is 2.47. The summed E-state index contributed by atoms with van der Waals surface area (Å²) in [6, 6.07) is 2.29. The molecule has 0 radical (unpaired) electrons. The predicted octanol–water partition coefficient (Wildman–Crippen LogP) is 2.93. The van der Waals surface area contributed by atoms with Crippen LogP contribution in [0, 0.1) is 17.0 Å². The van der Waals surface area contributed by atoms with Crippen LogP contribution in [0.15, 0.2) is 12.1 Å². The van der Waals surface area contributed by atoms with E-state index in [0.29, 0.717) is 11.1 Å². The Balaban J connectivity index is 1.80. The van der Waals surface area contributed by atoms with Crippen molar-refractivity contribution in [3.05, 3.63) is 23.8 Å². The molecule has 0 unspecified atom stereocenters. The molecule has 1 spiro atoms. The monoisotopic (exact) mass is 238 g/mol. The van der Waals surface area contributed by atoms with Gasteiger partial charge >= 0.3 is 0 Å². The lowest BCUT2D eigenvalue weighted by molar-refractivity contribution is 0.220. The maximum absolute atomic E-state index is 13.6. The van der Waals surface area contributed by atoms with Gasteiger partial charge in [-0.25, -0.2) is 8.78 Å². The van der Waals surface area contributed by atoms with E-state index >= 15 is 0 Å². The van der Waals surface area contributed by atoms with E-state index in [4.69, 9.17) is 5.73 Å². The van der Waals surface area contributed by atoms with Crippen LogP contribution in [0.25, 0.3) is 0 Å². The van der Waals surface area contributed by atoms with E-state index in [-0.39, 0.29) is 5.69 Å². The van der Waals surface area contributed by atoms with Gasteiger partial charge in [-0.05, 0) is 18.9 Å². The number of nitrogen functional groups attached to an aromatic ring is 1. The molecule has 1 saturated heterocycles. The van der Waals surface area contributed by atoms with Crippen LogP contribution in [-0.2, 0) is 0 Å². The molecule has 2 N–H and O–H groups in total. The molecule has 0 bridgehead atoms. The number of hydrogen-bond acceptors (Lipinski definition) is 2. The maximum atomic E-state index is 13.6. The highest BCUT2D eigenvalue weighted by atomic mass is 19.1. The summed E-state index contributed by atoms with van der Waals surface area (Å²) in [4.78, 5) is 1.97. The molecular formula is C13H16F2N2. The minimum absolute atomic E-state index is 0.0220. The minimum Gasteiger partial charge on any atom is -0.396 e. The zero-order valence-corrected chi connectivity index (χ0v) is 9.68. The largest absolute Gasteiger partial charge is 0.396 e. The molecule has 0 aromatic heterocycles. The fourth-order valence-electron chi connectivity index (χ4n) is 3.17. The third-order valence-corrected chi connectivity index (χ3v) is 4.12. The Bertz CT molecular complexity index is 445. The van der Waals surface area contributed by atoms with Crippen molar-refractivity contribution in [3.63, 3.8) is 0 Å². The van der Waals surface area contributed by atoms with Gasteiger partial charge in [-0.3, -0.25) is 0 Å². The zero-order chi connectivity index (χ0) is 12.0. The van der Waals surface area contributed by atoms with E-state index in [0.717, 1.165) is 19.2 Å². The fourth-order valence-corrected chi connectivity index (χ4v) is 3.17. The second kappa shape index (κ2) is 3.59. The van der Waals surface area contributed by atoms with Crippen LogP contribution in [0.5, 0.6) is 0 Å². The Morgan fingerprint density at radius 3 is 2.35 bits per heavy atom. The van der Waals surface area contributed by atoms with Gasteiger partial charge in [-0.15, -0.1) is 0 Å². The summed E-state index contributed by atoms with van der Waals surface area (Å²) in [5, 5.41) is 0. The van der Waals surface area contributed by atoms with E-state index in [1.165, 1.54) is 31.7 Å². The number of nitrogens with zero attached hydrogens (tertiary/aromatic N) is 1. The van der Waals surface area contributed by atoms with Gasteiger partial charge in [0.2, 0.25) is 0 Å². The van der Waals surface area contributed by atoms with Crippen LogP contribution in [0.3, 0.4) is 0 Å². The highest BCUT2D eigenvalue weighted by Gasteiger charge is 2.45. The van der Waals surface area contributed by atoms with Crippen LogP contribution < -0.4 is 10.6 Å². The highest BCUT2D eigenvalue weighted by molar-refractivity contribution is 5.59. The summed E-state index contributed by atoms with van der Waals surface area (Å²) in [7, 11) is 0. The molecule has 1 aliphatic heterocycles. The summed E-state index contributed by atoms with van der Waals surface area (Å²) in [5.41, 5.74) is 6.35. The molecule has 2 aliphatic rings. The van der Waals surface area contributed by atoms with Crippen molar-refractivity contribution in [1.82, 2.24) is 0 Å². The van der Waals surface area contributed by atoms with Crippen molar-refractivity contribution in [2.45, 2.75) is 25.7 Å². The van der Waals surface area contributed by atoms with Crippen molar-refractivity contribution in [3.8, 4) is 0 Å². The Morgan fingerprint density at radius 2 is 1.71 bits per heavy atom. The van der Waals surface area contributed by atoms with Gasteiger partial charge in [0, 0.05) is 24.6 Å². The molecule has 1 aliphatic carbocycles. The Hall–Kier alpha value is -1.32. The van der Waals surface area contributed by atoms with E-state index in [1.807, 2.05) is 4.90 Å². The average Bonchev–Trinajstić information content (AvgIpc) is 2.70. The van der Waals surface area contributed by atoms with Gasteiger partial charge in [0.25, 0.3) is 0 Å². The second-order valence-electron chi connectivity index (χ2n) is 5.39. The number of hydrogen-bond donors (Lipinski definition) is 1. The third-order valence-electron chi connectivity index (χ3n) is 4.12. The van der Waals surface area contributed by atoms with Crippen LogP contribution in [0.1, 0.15) is 25.7 Å². The number of benzene rings is 1. The molecule has 1 saturated carbocycles. The number of rotatable bonds is 1. The molecule has 92 valence electrons. The molecule has 4 heteroatoms. The first kappa shape index (κ1) is 10.8. The number of halogens is 2. The normalized spacial score (nSPS) is 21.9. The third kappa shape index (κ3) is 1.66. The summed E-state index contributed by atoms with van der Waals surface area (Å²) in [6.45, 7) is 1.77. The van der Waals surface area contributed by atoms with Gasteiger partial charge in [-0.1, -0.05) is 12.8 Å². The molecule has 1 aromatic carbocycles. The maximum Gasteiger partial charge on any atom is 0.149 e. The molecule has 2 fully saturated rings. The number of anilines is 2. The molecule has 1 heterocycles. The van der Waals surface area contributed by atoms with Crippen molar-refractivity contribution in [2.24, 2.45) is 5.41 Å².